The molecule has 1 atom stereocenters. The zero-order valence-corrected chi connectivity index (χ0v) is 12.8. The molecule has 0 radical (unpaired) electrons. The van der Waals surface area contributed by atoms with Crippen LogP contribution in [0.1, 0.15) is 45.8 Å². The lowest BCUT2D eigenvalue weighted by molar-refractivity contribution is 0.613. The number of thiophene rings is 1. The Balaban J connectivity index is 1.99. The average Bonchev–Trinajstić information content (AvgIpc) is 2.97. The van der Waals surface area contributed by atoms with Crippen molar-refractivity contribution in [1.29, 1.82) is 0 Å². The van der Waals surface area contributed by atoms with Crippen molar-refractivity contribution in [2.24, 2.45) is 0 Å². The molecule has 1 aliphatic carbocycles. The number of aryl methyl sites for hydroxylation is 3. The molecule has 106 valence electrons. The summed E-state index contributed by atoms with van der Waals surface area (Å²) in [6, 6.07) is 7.65. The van der Waals surface area contributed by atoms with Crippen molar-refractivity contribution in [2.75, 3.05) is 6.54 Å². The van der Waals surface area contributed by atoms with E-state index in [1.165, 1.54) is 35.3 Å². The van der Waals surface area contributed by atoms with E-state index < -0.39 is 0 Å². The standard InChI is InChI=1S/C17H20FNS/c1-3-19-17(14-8-7-13(18)9-11(14)2)16-10-12-5-4-6-15(12)20-16/h7-10,17,19H,3-6H2,1-2H3. The molecule has 3 rings (SSSR count). The predicted octanol–water partition coefficient (Wildman–Crippen LogP) is 4.38. The number of nitrogens with one attached hydrogen (secondary N) is 1. The zero-order chi connectivity index (χ0) is 14.1. The van der Waals surface area contributed by atoms with E-state index in [1.807, 2.05) is 24.3 Å². The Hall–Kier alpha value is -1.19. The SMILES string of the molecule is CCNC(c1cc2c(s1)CCC2)c1ccc(F)cc1C. The number of hydrogen-bond donors (Lipinski definition) is 1. The molecule has 1 aromatic carbocycles. The maximum Gasteiger partial charge on any atom is 0.123 e. The van der Waals surface area contributed by atoms with Crippen molar-refractivity contribution >= 4 is 11.3 Å². The van der Waals surface area contributed by atoms with Crippen LogP contribution in [-0.2, 0) is 12.8 Å². The van der Waals surface area contributed by atoms with Crippen LogP contribution in [-0.4, -0.2) is 6.54 Å². The molecule has 0 saturated carbocycles. The second-order valence-electron chi connectivity index (χ2n) is 5.44. The van der Waals surface area contributed by atoms with Gasteiger partial charge in [-0.3, -0.25) is 0 Å². The van der Waals surface area contributed by atoms with Crippen molar-refractivity contribution in [2.45, 2.75) is 39.2 Å². The van der Waals surface area contributed by atoms with Crippen molar-refractivity contribution in [3.05, 3.63) is 56.5 Å². The van der Waals surface area contributed by atoms with E-state index in [0.29, 0.717) is 0 Å². The maximum absolute atomic E-state index is 13.3. The summed E-state index contributed by atoms with van der Waals surface area (Å²) in [5, 5.41) is 3.55. The lowest BCUT2D eigenvalue weighted by atomic mass is 9.99. The summed E-state index contributed by atoms with van der Waals surface area (Å²) in [6.45, 7) is 5.02. The van der Waals surface area contributed by atoms with E-state index in [0.717, 1.165) is 12.1 Å². The lowest BCUT2D eigenvalue weighted by Crippen LogP contribution is -2.22. The van der Waals surface area contributed by atoms with Crippen LogP contribution in [0.2, 0.25) is 0 Å². The predicted molar refractivity (Wildman–Crippen MR) is 83.0 cm³/mol. The Labute approximate surface area is 123 Å². The molecule has 3 heteroatoms. The fourth-order valence-electron chi connectivity index (χ4n) is 3.03. The fraction of sp³-hybridized carbons (Fsp3) is 0.412. The molecule has 0 amide bonds. The first-order chi connectivity index (χ1) is 9.69. The third-order valence-corrected chi connectivity index (χ3v) is 5.30. The molecule has 0 saturated heterocycles. The Morgan fingerprint density at radius 1 is 1.30 bits per heavy atom. The molecule has 1 aliphatic rings. The Kier molecular flexibility index (Phi) is 3.90. The summed E-state index contributed by atoms with van der Waals surface area (Å²) in [5.74, 6) is -0.157. The van der Waals surface area contributed by atoms with Gasteiger partial charge >= 0.3 is 0 Å². The number of hydrogen-bond acceptors (Lipinski definition) is 2. The summed E-state index contributed by atoms with van der Waals surface area (Å²) < 4.78 is 13.3. The van der Waals surface area contributed by atoms with Crippen LogP contribution in [0.3, 0.4) is 0 Å². The van der Waals surface area contributed by atoms with Crippen LogP contribution in [0, 0.1) is 12.7 Å². The first kappa shape index (κ1) is 13.8. The van der Waals surface area contributed by atoms with Gasteiger partial charge in [0.2, 0.25) is 0 Å². The van der Waals surface area contributed by atoms with Gasteiger partial charge in [0.25, 0.3) is 0 Å². The quantitative estimate of drug-likeness (QED) is 0.880. The van der Waals surface area contributed by atoms with Gasteiger partial charge in [-0.05, 0) is 67.6 Å². The topological polar surface area (TPSA) is 12.0 Å². The number of rotatable bonds is 4. The van der Waals surface area contributed by atoms with Gasteiger partial charge in [-0.15, -0.1) is 11.3 Å². The number of benzene rings is 1. The molecule has 0 fully saturated rings. The van der Waals surface area contributed by atoms with Crippen LogP contribution >= 0.6 is 11.3 Å². The second-order valence-corrected chi connectivity index (χ2v) is 6.61. The van der Waals surface area contributed by atoms with Gasteiger partial charge in [-0.2, -0.15) is 0 Å². The number of fused-ring (bicyclic) bond motifs is 1. The third kappa shape index (κ3) is 2.52. The maximum atomic E-state index is 13.3. The number of halogens is 1. The smallest absolute Gasteiger partial charge is 0.123 e. The molecule has 0 aliphatic heterocycles. The van der Waals surface area contributed by atoms with Crippen LogP contribution in [0.15, 0.2) is 24.3 Å². The summed E-state index contributed by atoms with van der Waals surface area (Å²) in [5.41, 5.74) is 3.73. The van der Waals surface area contributed by atoms with E-state index in [-0.39, 0.29) is 11.9 Å². The molecule has 1 nitrogen and oxygen atoms in total. The Bertz CT molecular complexity index is 596. The molecular formula is C17H20FNS. The van der Waals surface area contributed by atoms with Gasteiger partial charge < -0.3 is 5.32 Å². The first-order valence-electron chi connectivity index (χ1n) is 7.30. The fourth-order valence-corrected chi connectivity index (χ4v) is 4.38. The van der Waals surface area contributed by atoms with Crippen LogP contribution in [0.4, 0.5) is 4.39 Å². The van der Waals surface area contributed by atoms with E-state index >= 15 is 0 Å². The van der Waals surface area contributed by atoms with Gasteiger partial charge in [0, 0.05) is 9.75 Å². The van der Waals surface area contributed by atoms with Gasteiger partial charge in [0.1, 0.15) is 5.82 Å². The largest absolute Gasteiger partial charge is 0.306 e. The average molecular weight is 289 g/mol. The van der Waals surface area contributed by atoms with Gasteiger partial charge in [-0.25, -0.2) is 4.39 Å². The van der Waals surface area contributed by atoms with Crippen LogP contribution < -0.4 is 5.32 Å². The molecule has 2 aromatic rings. The Morgan fingerprint density at radius 2 is 2.15 bits per heavy atom. The highest BCUT2D eigenvalue weighted by molar-refractivity contribution is 7.12. The van der Waals surface area contributed by atoms with Crippen molar-refractivity contribution in [1.82, 2.24) is 5.32 Å². The van der Waals surface area contributed by atoms with E-state index in [4.69, 9.17) is 0 Å². The van der Waals surface area contributed by atoms with Crippen molar-refractivity contribution < 1.29 is 4.39 Å². The zero-order valence-electron chi connectivity index (χ0n) is 12.0. The monoisotopic (exact) mass is 289 g/mol. The van der Waals surface area contributed by atoms with Gasteiger partial charge in [0.15, 0.2) is 0 Å². The van der Waals surface area contributed by atoms with E-state index in [1.54, 1.807) is 17.0 Å². The molecule has 0 bridgehead atoms. The molecule has 1 N–H and O–H groups in total. The molecule has 1 unspecified atom stereocenters. The Morgan fingerprint density at radius 3 is 2.85 bits per heavy atom. The summed E-state index contributed by atoms with van der Waals surface area (Å²) in [6.07, 6.45) is 3.73. The summed E-state index contributed by atoms with van der Waals surface area (Å²) in [4.78, 5) is 2.91. The van der Waals surface area contributed by atoms with Gasteiger partial charge in [0.05, 0.1) is 6.04 Å². The van der Waals surface area contributed by atoms with Gasteiger partial charge in [-0.1, -0.05) is 13.0 Å². The molecular weight excluding hydrogens is 269 g/mol. The molecule has 20 heavy (non-hydrogen) atoms. The van der Waals surface area contributed by atoms with Crippen molar-refractivity contribution in [3.63, 3.8) is 0 Å². The van der Waals surface area contributed by atoms with Crippen molar-refractivity contribution in [3.8, 4) is 0 Å². The minimum atomic E-state index is -0.157. The molecule has 1 heterocycles. The first-order valence-corrected chi connectivity index (χ1v) is 8.11. The van der Waals surface area contributed by atoms with E-state index in [2.05, 4.69) is 18.3 Å². The lowest BCUT2D eigenvalue weighted by Gasteiger charge is -2.19. The highest BCUT2D eigenvalue weighted by Crippen LogP contribution is 2.36. The van der Waals surface area contributed by atoms with Crippen LogP contribution in [0.5, 0.6) is 0 Å². The minimum absolute atomic E-state index is 0.157. The van der Waals surface area contributed by atoms with E-state index in [9.17, 15) is 4.39 Å². The minimum Gasteiger partial charge on any atom is -0.306 e. The molecule has 0 spiro atoms. The highest BCUT2D eigenvalue weighted by atomic mass is 32.1. The highest BCUT2D eigenvalue weighted by Gasteiger charge is 2.22. The molecule has 1 aromatic heterocycles. The normalized spacial score (nSPS) is 15.3. The second kappa shape index (κ2) is 5.66. The summed E-state index contributed by atoms with van der Waals surface area (Å²) in [7, 11) is 0. The van der Waals surface area contributed by atoms with Crippen LogP contribution in [0.25, 0.3) is 0 Å². The third-order valence-electron chi connectivity index (χ3n) is 4.00. The summed E-state index contributed by atoms with van der Waals surface area (Å²) >= 11 is 1.92.